The van der Waals surface area contributed by atoms with Crippen molar-refractivity contribution in [2.75, 3.05) is 0 Å². The second-order valence-corrected chi connectivity index (χ2v) is 6.90. The third-order valence-electron chi connectivity index (χ3n) is 4.97. The highest BCUT2D eigenvalue weighted by Gasteiger charge is 2.78. The largest absolute Gasteiger partial charge is 0.481 e. The van der Waals surface area contributed by atoms with Gasteiger partial charge < -0.3 is 9.52 Å². The number of hydrogen-bond donors (Lipinski definition) is 1. The molecule has 1 aliphatic carbocycles. The van der Waals surface area contributed by atoms with Crippen molar-refractivity contribution in [1.29, 1.82) is 0 Å². The molecule has 1 fully saturated rings. The topological polar surface area (TPSA) is 50.4 Å². The van der Waals surface area contributed by atoms with Crippen LogP contribution in [0, 0.1) is 41.4 Å². The number of allylic oxidation sites excluding steroid dienone is 2. The van der Waals surface area contributed by atoms with Crippen molar-refractivity contribution in [2.24, 2.45) is 16.7 Å². The van der Waals surface area contributed by atoms with Gasteiger partial charge in [0.15, 0.2) is 0 Å². The maximum Gasteiger partial charge on any atom is 0.312 e. The van der Waals surface area contributed by atoms with Gasteiger partial charge in [0.25, 0.3) is 0 Å². The summed E-state index contributed by atoms with van der Waals surface area (Å²) in [6.45, 7) is 7.81. The Morgan fingerprint density at radius 3 is 2.57 bits per heavy atom. The highest BCUT2D eigenvalue weighted by Crippen LogP contribution is 2.75. The summed E-state index contributed by atoms with van der Waals surface area (Å²) in [6, 6.07) is 3.51. The third kappa shape index (κ3) is 2.37. The predicted molar refractivity (Wildman–Crippen MR) is 89.6 cm³/mol. The summed E-state index contributed by atoms with van der Waals surface area (Å²) in [4.78, 5) is 12.2. The molecular weight excluding hydrogens is 288 g/mol. The van der Waals surface area contributed by atoms with Gasteiger partial charge in [-0.25, -0.2) is 0 Å². The molecule has 1 aliphatic rings. The zero-order valence-corrected chi connectivity index (χ0v) is 14.0. The number of hydrogen-bond acceptors (Lipinski definition) is 2. The number of carboxylic acid groups (broad SMARTS) is 1. The molecule has 0 radical (unpaired) electrons. The van der Waals surface area contributed by atoms with Crippen LogP contribution in [0.15, 0.2) is 28.2 Å². The molecule has 3 heteroatoms. The van der Waals surface area contributed by atoms with Gasteiger partial charge in [-0.1, -0.05) is 37.3 Å². The molecule has 0 aromatic carbocycles. The van der Waals surface area contributed by atoms with Crippen LogP contribution in [-0.2, 0) is 11.2 Å². The predicted octanol–water partition coefficient (Wildman–Crippen LogP) is 3.87. The molecule has 1 aromatic rings. The highest BCUT2D eigenvalue weighted by atomic mass is 16.4. The summed E-state index contributed by atoms with van der Waals surface area (Å²) in [7, 11) is 0. The molecular formula is C20H22O3. The Balaban J connectivity index is 2.52. The lowest BCUT2D eigenvalue weighted by Gasteiger charge is -2.21. The van der Waals surface area contributed by atoms with Crippen molar-refractivity contribution in [1.82, 2.24) is 0 Å². The van der Waals surface area contributed by atoms with E-state index in [1.165, 1.54) is 0 Å². The second kappa shape index (κ2) is 5.67. The first-order valence-electron chi connectivity index (χ1n) is 7.60. The van der Waals surface area contributed by atoms with Crippen LogP contribution in [0.3, 0.4) is 0 Å². The molecule has 0 spiro atoms. The Bertz CT molecular complexity index is 732. The normalized spacial score (nSPS) is 25.7. The van der Waals surface area contributed by atoms with Crippen LogP contribution >= 0.6 is 0 Å². The van der Waals surface area contributed by atoms with Gasteiger partial charge in [-0.05, 0) is 31.4 Å². The zero-order valence-electron chi connectivity index (χ0n) is 14.0. The Labute approximate surface area is 137 Å². The van der Waals surface area contributed by atoms with Crippen LogP contribution in [0.4, 0.5) is 0 Å². The molecule has 0 amide bonds. The summed E-state index contributed by atoms with van der Waals surface area (Å²) in [5.41, 5.74) is -0.439. The maximum absolute atomic E-state index is 12.2. The Morgan fingerprint density at radius 2 is 2.09 bits per heavy atom. The van der Waals surface area contributed by atoms with Gasteiger partial charge >= 0.3 is 5.97 Å². The number of carbonyl (C=O) groups is 1. The third-order valence-corrected chi connectivity index (χ3v) is 4.97. The number of rotatable bonds is 5. The van der Waals surface area contributed by atoms with E-state index < -0.39 is 22.7 Å². The van der Waals surface area contributed by atoms with Crippen molar-refractivity contribution in [2.45, 2.75) is 40.0 Å². The molecule has 0 unspecified atom stereocenters. The lowest BCUT2D eigenvalue weighted by molar-refractivity contribution is -0.145. The van der Waals surface area contributed by atoms with Crippen molar-refractivity contribution in [3.8, 4) is 24.7 Å². The van der Waals surface area contributed by atoms with Crippen LogP contribution in [0.5, 0.6) is 0 Å². The van der Waals surface area contributed by atoms with Gasteiger partial charge in [-0.2, -0.15) is 0 Å². The quantitative estimate of drug-likeness (QED) is 0.663. The zero-order chi connectivity index (χ0) is 17.4. The van der Waals surface area contributed by atoms with E-state index in [9.17, 15) is 9.90 Å². The monoisotopic (exact) mass is 310 g/mol. The molecule has 120 valence electrons. The molecule has 0 bridgehead atoms. The first kappa shape index (κ1) is 17.0. The van der Waals surface area contributed by atoms with Crippen LogP contribution < -0.4 is 0 Å². The number of furan rings is 1. The number of aliphatic carboxylic acids is 1. The molecule has 23 heavy (non-hydrogen) atoms. The van der Waals surface area contributed by atoms with Gasteiger partial charge in [0.2, 0.25) is 0 Å². The molecule has 0 saturated heterocycles. The first-order chi connectivity index (χ1) is 10.7. The molecule has 0 aliphatic heterocycles. The standard InChI is InChI=1S/C20H22O3/c1-7-9-14-10-11-16(23-14)15(8-2)20(18(21)22)17(12-13(3)4)19(20,5)6/h1-2,10-12,15,17H,9H2,3-6H3,(H,21,22)/t15-,17+,20+/m0/s1. The minimum atomic E-state index is -1.07. The minimum absolute atomic E-state index is 0.139. The van der Waals surface area contributed by atoms with Crippen LogP contribution in [0.2, 0.25) is 0 Å². The van der Waals surface area contributed by atoms with E-state index in [1.54, 1.807) is 12.1 Å². The van der Waals surface area contributed by atoms with E-state index in [0.717, 1.165) is 5.57 Å². The van der Waals surface area contributed by atoms with Crippen LogP contribution in [-0.4, -0.2) is 11.1 Å². The van der Waals surface area contributed by atoms with E-state index in [-0.39, 0.29) is 5.92 Å². The summed E-state index contributed by atoms with van der Waals surface area (Å²) >= 11 is 0. The summed E-state index contributed by atoms with van der Waals surface area (Å²) in [5, 5.41) is 10.00. The van der Waals surface area contributed by atoms with Crippen molar-refractivity contribution in [3.63, 3.8) is 0 Å². The fourth-order valence-electron chi connectivity index (χ4n) is 3.78. The maximum atomic E-state index is 12.2. The van der Waals surface area contributed by atoms with Crippen molar-refractivity contribution >= 4 is 5.97 Å². The molecule has 3 atom stereocenters. The molecule has 1 saturated carbocycles. The van der Waals surface area contributed by atoms with Gasteiger partial charge in [-0.3, -0.25) is 4.79 Å². The number of carboxylic acids is 1. The molecule has 2 rings (SSSR count). The highest BCUT2D eigenvalue weighted by molar-refractivity contribution is 5.84. The molecule has 1 aromatic heterocycles. The summed E-state index contributed by atoms with van der Waals surface area (Å²) in [6.07, 6.45) is 13.4. The SMILES string of the molecule is C#CCc1ccc([C@H](C#C)[C@]2(C(=O)O)[C@H](C=C(C)C)C2(C)C)o1. The second-order valence-electron chi connectivity index (χ2n) is 6.90. The van der Waals surface area contributed by atoms with Gasteiger partial charge in [-0.15, -0.1) is 12.8 Å². The van der Waals surface area contributed by atoms with Crippen molar-refractivity contribution < 1.29 is 14.3 Å². The lowest BCUT2D eigenvalue weighted by Crippen LogP contribution is -2.28. The van der Waals surface area contributed by atoms with Crippen LogP contribution in [0.1, 0.15) is 45.1 Å². The molecule has 1 heterocycles. The van der Waals surface area contributed by atoms with E-state index in [4.69, 9.17) is 17.3 Å². The van der Waals surface area contributed by atoms with Gasteiger partial charge in [0, 0.05) is 5.92 Å². The fraction of sp³-hybridized carbons (Fsp3) is 0.450. The average Bonchev–Trinajstić information content (AvgIpc) is 2.77. The summed E-state index contributed by atoms with van der Waals surface area (Å²) < 4.78 is 5.73. The number of terminal acetylenes is 2. The lowest BCUT2D eigenvalue weighted by atomic mass is 9.80. The fourth-order valence-corrected chi connectivity index (χ4v) is 3.78. The van der Waals surface area contributed by atoms with E-state index in [2.05, 4.69) is 11.8 Å². The smallest absolute Gasteiger partial charge is 0.312 e. The average molecular weight is 310 g/mol. The minimum Gasteiger partial charge on any atom is -0.481 e. The Kier molecular flexibility index (Phi) is 4.18. The van der Waals surface area contributed by atoms with E-state index >= 15 is 0 Å². The van der Waals surface area contributed by atoms with E-state index in [1.807, 2.05) is 33.8 Å². The van der Waals surface area contributed by atoms with Crippen molar-refractivity contribution in [3.05, 3.63) is 35.3 Å². The Hall–Kier alpha value is -2.39. The van der Waals surface area contributed by atoms with Crippen LogP contribution in [0.25, 0.3) is 0 Å². The molecule has 3 nitrogen and oxygen atoms in total. The first-order valence-corrected chi connectivity index (χ1v) is 7.60. The Morgan fingerprint density at radius 1 is 1.43 bits per heavy atom. The molecule has 1 N–H and O–H groups in total. The summed E-state index contributed by atoms with van der Waals surface area (Å²) in [5.74, 6) is 4.63. The van der Waals surface area contributed by atoms with Gasteiger partial charge in [0.05, 0.1) is 12.3 Å². The van der Waals surface area contributed by atoms with E-state index in [0.29, 0.717) is 17.9 Å². The van der Waals surface area contributed by atoms with Gasteiger partial charge in [0.1, 0.15) is 16.9 Å².